The summed E-state index contributed by atoms with van der Waals surface area (Å²) < 4.78 is 4.72. The Labute approximate surface area is 78.1 Å². The number of rotatable bonds is 2. The minimum absolute atomic E-state index is 0.124. The molecule has 70 valence electrons. The van der Waals surface area contributed by atoms with Gasteiger partial charge in [0.15, 0.2) is 0 Å². The van der Waals surface area contributed by atoms with Crippen molar-refractivity contribution in [2.24, 2.45) is 0 Å². The maximum absolute atomic E-state index is 11.3. The summed E-state index contributed by atoms with van der Waals surface area (Å²) in [7, 11) is 0. The number of carbonyl (C=O) groups is 1. The molecule has 0 aliphatic carbocycles. The molecule has 1 N–H and O–H groups in total. The molecule has 14 heavy (non-hydrogen) atoms. The van der Waals surface area contributed by atoms with Gasteiger partial charge in [0.05, 0.1) is 0 Å². The Morgan fingerprint density at radius 1 is 1.43 bits per heavy atom. The number of hydrogen-bond donors (Lipinski definition) is 1. The molecule has 2 rings (SSSR count). The summed E-state index contributed by atoms with van der Waals surface area (Å²) in [5, 5.41) is 12.3. The normalized spacial score (nSPS) is 9.71. The highest BCUT2D eigenvalue weighted by atomic mass is 16.6. The van der Waals surface area contributed by atoms with Crippen molar-refractivity contribution >= 4 is 5.97 Å². The van der Waals surface area contributed by atoms with E-state index in [4.69, 9.17) is 4.74 Å². The van der Waals surface area contributed by atoms with E-state index in [2.05, 4.69) is 25.6 Å². The van der Waals surface area contributed by atoms with Crippen molar-refractivity contribution in [3.05, 3.63) is 30.1 Å². The molecule has 2 aromatic heterocycles. The van der Waals surface area contributed by atoms with Crippen LogP contribution >= 0.6 is 0 Å². The van der Waals surface area contributed by atoms with Crippen LogP contribution in [0.15, 0.2) is 24.4 Å². The summed E-state index contributed by atoms with van der Waals surface area (Å²) in [6.45, 7) is 0. The molecule has 0 atom stereocenters. The number of aromatic amines is 1. The third kappa shape index (κ3) is 1.71. The molecule has 7 nitrogen and oxygen atoms in total. The SMILES string of the molecule is O=C(Oc1nn[nH]n1)c1ccccn1. The van der Waals surface area contributed by atoms with Crippen LogP contribution in [0, 0.1) is 0 Å². The Bertz CT molecular complexity index is 413. The van der Waals surface area contributed by atoms with Gasteiger partial charge in [0.2, 0.25) is 0 Å². The van der Waals surface area contributed by atoms with E-state index in [-0.39, 0.29) is 11.7 Å². The van der Waals surface area contributed by atoms with Gasteiger partial charge < -0.3 is 4.74 Å². The van der Waals surface area contributed by atoms with Crippen LogP contribution in [0.25, 0.3) is 0 Å². The molecule has 0 aromatic carbocycles. The lowest BCUT2D eigenvalue weighted by molar-refractivity contribution is 0.0713. The number of esters is 1. The van der Waals surface area contributed by atoms with Crippen LogP contribution in [0.1, 0.15) is 10.5 Å². The molecule has 0 aliphatic heterocycles. The van der Waals surface area contributed by atoms with E-state index in [1.807, 2.05) is 0 Å². The summed E-state index contributed by atoms with van der Waals surface area (Å²) in [5.41, 5.74) is 0.192. The molecule has 2 aromatic rings. The summed E-state index contributed by atoms with van der Waals surface area (Å²) >= 11 is 0. The monoisotopic (exact) mass is 191 g/mol. The van der Waals surface area contributed by atoms with Crippen LogP contribution in [0.5, 0.6) is 6.01 Å². The van der Waals surface area contributed by atoms with E-state index in [1.165, 1.54) is 12.3 Å². The molecule has 2 heterocycles. The summed E-state index contributed by atoms with van der Waals surface area (Å²) in [6.07, 6.45) is 1.49. The molecule has 0 aliphatic rings. The average Bonchev–Trinajstić information content (AvgIpc) is 2.72. The van der Waals surface area contributed by atoms with Crippen molar-refractivity contribution in [1.29, 1.82) is 0 Å². The van der Waals surface area contributed by atoms with Crippen molar-refractivity contribution in [3.8, 4) is 6.01 Å². The number of ether oxygens (including phenoxy) is 1. The standard InChI is InChI=1S/C7H5N5O2/c13-6(5-3-1-2-4-8-5)14-7-9-11-12-10-7/h1-4H,(H,9,10,11,12). The molecule has 7 heteroatoms. The van der Waals surface area contributed by atoms with Gasteiger partial charge >= 0.3 is 12.0 Å². The summed E-state index contributed by atoms with van der Waals surface area (Å²) in [6, 6.07) is 4.79. The van der Waals surface area contributed by atoms with Gasteiger partial charge in [0.25, 0.3) is 0 Å². The van der Waals surface area contributed by atoms with Crippen LogP contribution in [-0.4, -0.2) is 31.6 Å². The summed E-state index contributed by atoms with van der Waals surface area (Å²) in [4.78, 5) is 15.1. The molecule has 0 unspecified atom stereocenters. The largest absolute Gasteiger partial charge is 0.384 e. The zero-order valence-corrected chi connectivity index (χ0v) is 6.91. The van der Waals surface area contributed by atoms with Crippen molar-refractivity contribution in [2.45, 2.75) is 0 Å². The van der Waals surface area contributed by atoms with Gasteiger partial charge in [0.1, 0.15) is 5.69 Å². The smallest absolute Gasteiger partial charge is 0.364 e. The van der Waals surface area contributed by atoms with E-state index < -0.39 is 5.97 Å². The Hall–Kier alpha value is -2.31. The fourth-order valence-corrected chi connectivity index (χ4v) is 0.815. The van der Waals surface area contributed by atoms with Crippen LogP contribution in [0.3, 0.4) is 0 Å². The predicted octanol–water partition coefficient (Wildman–Crippen LogP) is -0.186. The zero-order chi connectivity index (χ0) is 9.80. The molecule has 0 saturated carbocycles. The van der Waals surface area contributed by atoms with E-state index >= 15 is 0 Å². The maximum atomic E-state index is 11.3. The number of H-pyrrole nitrogens is 1. The topological polar surface area (TPSA) is 93.7 Å². The molecule has 0 amide bonds. The van der Waals surface area contributed by atoms with Gasteiger partial charge in [-0.3, -0.25) is 0 Å². The van der Waals surface area contributed by atoms with Gasteiger partial charge in [-0.25, -0.2) is 9.78 Å². The molecule has 0 radical (unpaired) electrons. The van der Waals surface area contributed by atoms with Crippen molar-refractivity contribution in [1.82, 2.24) is 25.6 Å². The van der Waals surface area contributed by atoms with E-state index in [1.54, 1.807) is 12.1 Å². The lowest BCUT2D eigenvalue weighted by Crippen LogP contribution is -2.10. The molecular weight excluding hydrogens is 186 g/mol. The maximum Gasteiger partial charge on any atom is 0.364 e. The first-order valence-electron chi connectivity index (χ1n) is 3.73. The number of nitrogens with zero attached hydrogens (tertiary/aromatic N) is 4. The number of carbonyl (C=O) groups excluding carboxylic acids is 1. The van der Waals surface area contributed by atoms with Gasteiger partial charge in [-0.15, -0.1) is 0 Å². The molecule has 0 bridgehead atoms. The second kappa shape index (κ2) is 3.60. The predicted molar refractivity (Wildman–Crippen MR) is 43.4 cm³/mol. The Morgan fingerprint density at radius 2 is 2.36 bits per heavy atom. The minimum atomic E-state index is -0.619. The number of tetrazole rings is 1. The first kappa shape index (κ1) is 8.30. The third-order valence-electron chi connectivity index (χ3n) is 1.38. The van der Waals surface area contributed by atoms with Crippen LogP contribution in [-0.2, 0) is 0 Å². The number of pyridine rings is 1. The lowest BCUT2D eigenvalue weighted by atomic mass is 10.4. The third-order valence-corrected chi connectivity index (χ3v) is 1.38. The van der Waals surface area contributed by atoms with Crippen molar-refractivity contribution < 1.29 is 9.53 Å². The minimum Gasteiger partial charge on any atom is -0.384 e. The fourth-order valence-electron chi connectivity index (χ4n) is 0.815. The fraction of sp³-hybridized carbons (Fsp3) is 0. The Balaban J connectivity index is 2.11. The number of aromatic nitrogens is 5. The second-order valence-corrected chi connectivity index (χ2v) is 2.30. The van der Waals surface area contributed by atoms with E-state index in [0.717, 1.165) is 0 Å². The van der Waals surface area contributed by atoms with Crippen molar-refractivity contribution in [3.63, 3.8) is 0 Å². The Morgan fingerprint density at radius 3 is 3.00 bits per heavy atom. The molecule has 0 fully saturated rings. The first-order valence-corrected chi connectivity index (χ1v) is 3.73. The average molecular weight is 191 g/mol. The van der Waals surface area contributed by atoms with E-state index in [0.29, 0.717) is 0 Å². The number of hydrogen-bond acceptors (Lipinski definition) is 6. The van der Waals surface area contributed by atoms with Gasteiger partial charge in [-0.05, 0) is 17.3 Å². The summed E-state index contributed by atoms with van der Waals surface area (Å²) in [5.74, 6) is -0.619. The highest BCUT2D eigenvalue weighted by Gasteiger charge is 2.11. The van der Waals surface area contributed by atoms with Crippen LogP contribution < -0.4 is 4.74 Å². The lowest BCUT2D eigenvalue weighted by Gasteiger charge is -1.96. The van der Waals surface area contributed by atoms with E-state index in [9.17, 15) is 4.79 Å². The second-order valence-electron chi connectivity index (χ2n) is 2.30. The van der Waals surface area contributed by atoms with Gasteiger partial charge in [-0.2, -0.15) is 5.21 Å². The van der Waals surface area contributed by atoms with Gasteiger partial charge in [0, 0.05) is 6.20 Å². The van der Waals surface area contributed by atoms with Crippen LogP contribution in [0.4, 0.5) is 0 Å². The first-order chi connectivity index (χ1) is 6.86. The van der Waals surface area contributed by atoms with Crippen molar-refractivity contribution in [2.75, 3.05) is 0 Å². The number of nitrogens with one attached hydrogen (secondary N) is 1. The molecule has 0 saturated heterocycles. The molecule has 0 spiro atoms. The van der Waals surface area contributed by atoms with Crippen LogP contribution in [0.2, 0.25) is 0 Å². The quantitative estimate of drug-likeness (QED) is 0.661. The highest BCUT2D eigenvalue weighted by Crippen LogP contribution is 2.00. The van der Waals surface area contributed by atoms with Gasteiger partial charge in [-0.1, -0.05) is 16.3 Å². The highest BCUT2D eigenvalue weighted by molar-refractivity contribution is 5.88. The zero-order valence-electron chi connectivity index (χ0n) is 6.91. The molecular formula is C7H5N5O2. The Kier molecular flexibility index (Phi) is 2.14.